The zero-order valence-electron chi connectivity index (χ0n) is 10.6. The van der Waals surface area contributed by atoms with Crippen molar-refractivity contribution >= 4 is 11.8 Å². The lowest BCUT2D eigenvalue weighted by Gasteiger charge is -2.06. The molecule has 0 saturated carbocycles. The van der Waals surface area contributed by atoms with Crippen molar-refractivity contribution in [2.45, 2.75) is 33.1 Å². The topological polar surface area (TPSA) is 43.4 Å². The summed E-state index contributed by atoms with van der Waals surface area (Å²) in [6.07, 6.45) is 2.47. The molecule has 0 unspecified atom stereocenters. The van der Waals surface area contributed by atoms with Crippen LogP contribution in [0.2, 0.25) is 0 Å². The minimum absolute atomic E-state index is 0.140. The molecule has 1 aromatic rings. The Balaban J connectivity index is 2.89. The van der Waals surface area contributed by atoms with Crippen LogP contribution < -0.4 is 0 Å². The van der Waals surface area contributed by atoms with Crippen LogP contribution in [0, 0.1) is 6.92 Å². The van der Waals surface area contributed by atoms with Gasteiger partial charge in [0.25, 0.3) is 0 Å². The zero-order chi connectivity index (χ0) is 12.8. The largest absolute Gasteiger partial charge is 0.465 e. The van der Waals surface area contributed by atoms with E-state index in [1.165, 1.54) is 7.11 Å². The second-order valence-corrected chi connectivity index (χ2v) is 4.05. The molecular weight excluding hydrogens is 216 g/mol. The third-order valence-corrected chi connectivity index (χ3v) is 2.71. The maximum absolute atomic E-state index is 11.9. The molecular formula is C14H18O3. The first-order valence-electron chi connectivity index (χ1n) is 5.82. The van der Waals surface area contributed by atoms with Crippen molar-refractivity contribution in [3.05, 3.63) is 34.9 Å². The number of esters is 1. The molecule has 3 nitrogen and oxygen atoms in total. The van der Waals surface area contributed by atoms with Crippen LogP contribution in [0.25, 0.3) is 0 Å². The number of unbranched alkanes of at least 4 members (excludes halogenated alkanes) is 1. The summed E-state index contributed by atoms with van der Waals surface area (Å²) in [5.74, 6) is -0.235. The van der Waals surface area contributed by atoms with Crippen LogP contribution in [0.1, 0.15) is 52.5 Å². The highest BCUT2D eigenvalue weighted by Crippen LogP contribution is 2.15. The molecule has 1 aromatic carbocycles. The van der Waals surface area contributed by atoms with E-state index in [1.54, 1.807) is 18.2 Å². The molecule has 0 amide bonds. The lowest BCUT2D eigenvalue weighted by atomic mass is 9.99. The van der Waals surface area contributed by atoms with Crippen molar-refractivity contribution in [2.24, 2.45) is 0 Å². The summed E-state index contributed by atoms with van der Waals surface area (Å²) in [5.41, 5.74) is 2.01. The number of aryl methyl sites for hydroxylation is 1. The first-order chi connectivity index (χ1) is 8.10. The lowest BCUT2D eigenvalue weighted by Crippen LogP contribution is -2.06. The van der Waals surface area contributed by atoms with Gasteiger partial charge in [-0.1, -0.05) is 19.4 Å². The Labute approximate surface area is 102 Å². The Morgan fingerprint density at radius 2 is 2.00 bits per heavy atom. The fourth-order valence-electron chi connectivity index (χ4n) is 1.69. The quantitative estimate of drug-likeness (QED) is 0.580. The molecule has 1 rings (SSSR count). The maximum atomic E-state index is 11.9. The third-order valence-electron chi connectivity index (χ3n) is 2.71. The van der Waals surface area contributed by atoms with Gasteiger partial charge in [-0.2, -0.15) is 0 Å². The highest BCUT2D eigenvalue weighted by atomic mass is 16.5. The van der Waals surface area contributed by atoms with Gasteiger partial charge in [-0.15, -0.1) is 0 Å². The van der Waals surface area contributed by atoms with Gasteiger partial charge in [-0.25, -0.2) is 4.79 Å². The summed E-state index contributed by atoms with van der Waals surface area (Å²) in [4.78, 5) is 23.2. The monoisotopic (exact) mass is 234 g/mol. The van der Waals surface area contributed by atoms with E-state index in [2.05, 4.69) is 11.7 Å². The molecule has 0 aliphatic rings. The molecule has 0 bridgehead atoms. The van der Waals surface area contributed by atoms with E-state index in [4.69, 9.17) is 0 Å². The number of benzene rings is 1. The van der Waals surface area contributed by atoms with Crippen LogP contribution in [0.3, 0.4) is 0 Å². The Bertz CT molecular complexity index is 421. The Hall–Kier alpha value is -1.64. The van der Waals surface area contributed by atoms with Crippen LogP contribution in [0.4, 0.5) is 0 Å². The minimum atomic E-state index is -0.374. The second kappa shape index (κ2) is 6.18. The van der Waals surface area contributed by atoms with E-state index in [-0.39, 0.29) is 11.8 Å². The third kappa shape index (κ3) is 3.41. The highest BCUT2D eigenvalue weighted by Gasteiger charge is 2.12. The Morgan fingerprint density at radius 3 is 2.53 bits per heavy atom. The number of rotatable bonds is 5. The summed E-state index contributed by atoms with van der Waals surface area (Å²) in [6.45, 7) is 3.89. The fourth-order valence-corrected chi connectivity index (χ4v) is 1.69. The number of ether oxygens (including phenoxy) is 1. The van der Waals surface area contributed by atoms with Gasteiger partial charge in [-0.05, 0) is 31.0 Å². The average molecular weight is 234 g/mol. The van der Waals surface area contributed by atoms with Gasteiger partial charge in [0.15, 0.2) is 5.78 Å². The van der Waals surface area contributed by atoms with Crippen LogP contribution in [-0.2, 0) is 4.74 Å². The molecule has 0 aliphatic heterocycles. The van der Waals surface area contributed by atoms with Gasteiger partial charge >= 0.3 is 5.97 Å². The van der Waals surface area contributed by atoms with Crippen LogP contribution in [-0.4, -0.2) is 18.9 Å². The predicted molar refractivity (Wildman–Crippen MR) is 66.4 cm³/mol. The number of carbonyl (C=O) groups is 2. The molecule has 0 N–H and O–H groups in total. The lowest BCUT2D eigenvalue weighted by molar-refractivity contribution is 0.0600. The normalized spacial score (nSPS) is 10.1. The van der Waals surface area contributed by atoms with Crippen molar-refractivity contribution in [2.75, 3.05) is 7.11 Å². The molecule has 0 saturated heterocycles. The zero-order valence-corrected chi connectivity index (χ0v) is 10.6. The van der Waals surface area contributed by atoms with Gasteiger partial charge in [-0.3, -0.25) is 4.79 Å². The average Bonchev–Trinajstić information content (AvgIpc) is 2.34. The summed E-state index contributed by atoms with van der Waals surface area (Å²) in [6, 6.07) is 5.04. The number of methoxy groups -OCH3 is 1. The molecule has 0 aromatic heterocycles. The number of carbonyl (C=O) groups excluding carboxylic acids is 2. The highest BCUT2D eigenvalue weighted by molar-refractivity contribution is 5.99. The molecule has 0 aliphatic carbocycles. The van der Waals surface area contributed by atoms with Gasteiger partial charge < -0.3 is 4.74 Å². The van der Waals surface area contributed by atoms with Gasteiger partial charge in [0.2, 0.25) is 0 Å². The van der Waals surface area contributed by atoms with E-state index in [0.717, 1.165) is 18.4 Å². The molecule has 0 spiro atoms. The van der Waals surface area contributed by atoms with Gasteiger partial charge in [0.05, 0.1) is 12.7 Å². The SMILES string of the molecule is CCCCC(=O)c1ccc(C(=O)OC)cc1C. The second-order valence-electron chi connectivity index (χ2n) is 4.05. The van der Waals surface area contributed by atoms with Crippen molar-refractivity contribution in [1.82, 2.24) is 0 Å². The van der Waals surface area contributed by atoms with Gasteiger partial charge in [0, 0.05) is 12.0 Å². The maximum Gasteiger partial charge on any atom is 0.337 e. The van der Waals surface area contributed by atoms with E-state index >= 15 is 0 Å². The molecule has 0 heterocycles. The van der Waals surface area contributed by atoms with Crippen molar-refractivity contribution in [1.29, 1.82) is 0 Å². The number of hydrogen-bond acceptors (Lipinski definition) is 3. The summed E-state index contributed by atoms with van der Waals surface area (Å²) < 4.78 is 4.63. The molecule has 92 valence electrons. The predicted octanol–water partition coefficient (Wildman–Crippen LogP) is 3.15. The summed E-state index contributed by atoms with van der Waals surface area (Å²) in [5, 5.41) is 0. The molecule has 0 atom stereocenters. The Kier molecular flexibility index (Phi) is 4.88. The van der Waals surface area contributed by atoms with Crippen LogP contribution in [0.15, 0.2) is 18.2 Å². The smallest absolute Gasteiger partial charge is 0.337 e. The molecule has 0 fully saturated rings. The number of ketones is 1. The first-order valence-corrected chi connectivity index (χ1v) is 5.82. The molecule has 3 heteroatoms. The van der Waals surface area contributed by atoms with Crippen molar-refractivity contribution < 1.29 is 14.3 Å². The van der Waals surface area contributed by atoms with Gasteiger partial charge in [0.1, 0.15) is 0 Å². The van der Waals surface area contributed by atoms with E-state index in [0.29, 0.717) is 17.5 Å². The molecule has 17 heavy (non-hydrogen) atoms. The van der Waals surface area contributed by atoms with Crippen molar-refractivity contribution in [3.63, 3.8) is 0 Å². The van der Waals surface area contributed by atoms with E-state index in [1.807, 2.05) is 6.92 Å². The van der Waals surface area contributed by atoms with Crippen LogP contribution in [0.5, 0.6) is 0 Å². The van der Waals surface area contributed by atoms with E-state index in [9.17, 15) is 9.59 Å². The van der Waals surface area contributed by atoms with Crippen LogP contribution >= 0.6 is 0 Å². The minimum Gasteiger partial charge on any atom is -0.465 e. The molecule has 0 radical (unpaired) electrons. The summed E-state index contributed by atoms with van der Waals surface area (Å²) in [7, 11) is 1.35. The summed E-state index contributed by atoms with van der Waals surface area (Å²) >= 11 is 0. The number of Topliss-reactive ketones (excluding diaryl/α,β-unsaturated/α-hetero) is 1. The number of hydrogen-bond donors (Lipinski definition) is 0. The fraction of sp³-hybridized carbons (Fsp3) is 0.429. The first kappa shape index (κ1) is 13.4. The van der Waals surface area contributed by atoms with E-state index < -0.39 is 0 Å². The van der Waals surface area contributed by atoms with Crippen molar-refractivity contribution in [3.8, 4) is 0 Å². The standard InChI is InChI=1S/C14H18O3/c1-4-5-6-13(15)12-8-7-11(9-10(12)2)14(16)17-3/h7-9H,4-6H2,1-3H3. The Morgan fingerprint density at radius 1 is 1.29 bits per heavy atom.